The minimum Gasteiger partial charge on any atom is -0.448 e. The third-order valence-electron chi connectivity index (χ3n) is 2.46. The van der Waals surface area contributed by atoms with E-state index < -0.39 is 6.09 Å². The molecule has 0 aliphatic heterocycles. The molecule has 2 N–H and O–H groups in total. The molecule has 0 fully saturated rings. The van der Waals surface area contributed by atoms with Gasteiger partial charge in [-0.25, -0.2) is 14.8 Å². The zero-order chi connectivity index (χ0) is 13.0. The Bertz CT molecular complexity index is 555. The number of aromatic nitrogens is 3. The van der Waals surface area contributed by atoms with Crippen LogP contribution in [0.2, 0.25) is 0 Å². The van der Waals surface area contributed by atoms with Crippen molar-refractivity contribution in [1.82, 2.24) is 14.5 Å². The first kappa shape index (κ1) is 12.6. The molecule has 0 spiro atoms. The molecule has 18 heavy (non-hydrogen) atoms. The third-order valence-corrected chi connectivity index (χ3v) is 2.65. The Hall–Kier alpha value is -1.82. The fourth-order valence-electron chi connectivity index (χ4n) is 1.75. The lowest BCUT2D eigenvalue weighted by Gasteiger charge is -2.07. The molecule has 0 radical (unpaired) electrons. The highest BCUT2D eigenvalue weighted by molar-refractivity contribution is 6.17. The zero-order valence-corrected chi connectivity index (χ0v) is 10.4. The molecule has 2 aromatic rings. The van der Waals surface area contributed by atoms with Crippen LogP contribution in [0.4, 0.5) is 4.79 Å². The molecule has 7 heteroatoms. The summed E-state index contributed by atoms with van der Waals surface area (Å²) >= 11 is 5.74. The van der Waals surface area contributed by atoms with Gasteiger partial charge in [-0.2, -0.15) is 0 Å². The van der Waals surface area contributed by atoms with E-state index in [2.05, 4.69) is 9.97 Å². The number of imidazole rings is 1. The second-order valence-electron chi connectivity index (χ2n) is 3.63. The topological polar surface area (TPSA) is 83.0 Å². The number of hydrogen-bond donors (Lipinski definition) is 1. The number of rotatable bonds is 5. The van der Waals surface area contributed by atoms with E-state index in [4.69, 9.17) is 22.1 Å². The van der Waals surface area contributed by atoms with Crippen molar-refractivity contribution in [3.05, 3.63) is 24.2 Å². The third kappa shape index (κ3) is 2.70. The van der Waals surface area contributed by atoms with Crippen molar-refractivity contribution in [3.63, 3.8) is 0 Å². The van der Waals surface area contributed by atoms with Crippen molar-refractivity contribution in [2.45, 2.75) is 13.0 Å². The monoisotopic (exact) mass is 268 g/mol. The Balaban J connectivity index is 2.26. The smallest absolute Gasteiger partial charge is 0.404 e. The van der Waals surface area contributed by atoms with Crippen molar-refractivity contribution in [2.75, 3.05) is 12.5 Å². The minimum atomic E-state index is -0.786. The molecule has 0 aromatic carbocycles. The predicted octanol–water partition coefficient (Wildman–Crippen LogP) is 1.31. The number of alkyl halides is 1. The van der Waals surface area contributed by atoms with Gasteiger partial charge in [0.05, 0.1) is 6.54 Å². The summed E-state index contributed by atoms with van der Waals surface area (Å²) in [7, 11) is 0. The number of carbonyl (C=O) groups excluding carboxylic acids is 1. The normalized spacial score (nSPS) is 10.7. The summed E-state index contributed by atoms with van der Waals surface area (Å²) in [4.78, 5) is 19.3. The standard InChI is InChI=1S/C11H13ClN4O2/c12-4-3-9-15-8-2-1-5-14-10(8)16(9)6-7-18-11(13)17/h1-2,5H,3-4,6-7H2,(H2,13,17). The van der Waals surface area contributed by atoms with Crippen LogP contribution < -0.4 is 5.73 Å². The molecule has 0 atom stereocenters. The Morgan fingerprint density at radius 2 is 2.39 bits per heavy atom. The number of pyridine rings is 1. The number of aryl methyl sites for hydroxylation is 1. The maximum atomic E-state index is 10.5. The van der Waals surface area contributed by atoms with E-state index in [9.17, 15) is 4.79 Å². The van der Waals surface area contributed by atoms with E-state index in [0.717, 1.165) is 17.0 Å². The number of fused-ring (bicyclic) bond motifs is 1. The average molecular weight is 269 g/mol. The van der Waals surface area contributed by atoms with Crippen LogP contribution in [-0.2, 0) is 17.7 Å². The minimum absolute atomic E-state index is 0.187. The molecule has 96 valence electrons. The number of hydrogen-bond acceptors (Lipinski definition) is 4. The number of primary amides is 1. The van der Waals surface area contributed by atoms with Gasteiger partial charge in [0.25, 0.3) is 0 Å². The lowest BCUT2D eigenvalue weighted by atomic mass is 10.4. The maximum absolute atomic E-state index is 10.5. The summed E-state index contributed by atoms with van der Waals surface area (Å²) in [5.74, 6) is 1.30. The van der Waals surface area contributed by atoms with E-state index >= 15 is 0 Å². The van der Waals surface area contributed by atoms with Gasteiger partial charge in [0.15, 0.2) is 5.65 Å². The molecule has 0 unspecified atom stereocenters. The zero-order valence-electron chi connectivity index (χ0n) is 9.67. The summed E-state index contributed by atoms with van der Waals surface area (Å²) in [5.41, 5.74) is 6.48. The summed E-state index contributed by atoms with van der Waals surface area (Å²) in [6.07, 6.45) is 1.54. The number of halogens is 1. The average Bonchev–Trinajstić information content (AvgIpc) is 2.68. The van der Waals surface area contributed by atoms with Crippen LogP contribution in [0.15, 0.2) is 18.3 Å². The molecule has 1 amide bonds. The van der Waals surface area contributed by atoms with E-state index in [1.54, 1.807) is 6.20 Å². The van der Waals surface area contributed by atoms with Crippen LogP contribution in [0.3, 0.4) is 0 Å². The summed E-state index contributed by atoms with van der Waals surface area (Å²) in [6, 6.07) is 3.70. The van der Waals surface area contributed by atoms with Crippen molar-refractivity contribution in [2.24, 2.45) is 5.73 Å². The number of amides is 1. The second kappa shape index (κ2) is 5.68. The fourth-order valence-corrected chi connectivity index (χ4v) is 1.92. The van der Waals surface area contributed by atoms with Crippen molar-refractivity contribution in [3.8, 4) is 0 Å². The molecular formula is C11H13ClN4O2. The van der Waals surface area contributed by atoms with Gasteiger partial charge in [-0.3, -0.25) is 0 Å². The molecule has 0 aliphatic carbocycles. The highest BCUT2D eigenvalue weighted by atomic mass is 35.5. The summed E-state index contributed by atoms with van der Waals surface area (Å²) < 4.78 is 6.62. The van der Waals surface area contributed by atoms with Gasteiger partial charge in [0.2, 0.25) is 0 Å². The van der Waals surface area contributed by atoms with E-state index in [1.165, 1.54) is 0 Å². The molecule has 0 aliphatic rings. The molecule has 0 bridgehead atoms. The van der Waals surface area contributed by atoms with Crippen molar-refractivity contribution < 1.29 is 9.53 Å². The molecule has 6 nitrogen and oxygen atoms in total. The van der Waals surface area contributed by atoms with Crippen LogP contribution >= 0.6 is 11.6 Å². The second-order valence-corrected chi connectivity index (χ2v) is 4.01. The molecular weight excluding hydrogens is 256 g/mol. The first-order valence-corrected chi connectivity index (χ1v) is 6.04. The van der Waals surface area contributed by atoms with Crippen LogP contribution in [0.5, 0.6) is 0 Å². The molecule has 2 rings (SSSR count). The number of carbonyl (C=O) groups is 1. The Labute approximate surface area is 109 Å². The Morgan fingerprint density at radius 3 is 3.11 bits per heavy atom. The van der Waals surface area contributed by atoms with Crippen molar-refractivity contribution in [1.29, 1.82) is 0 Å². The van der Waals surface area contributed by atoms with E-state index in [0.29, 0.717) is 18.8 Å². The molecule has 0 saturated carbocycles. The quantitative estimate of drug-likeness (QED) is 0.829. The van der Waals surface area contributed by atoms with Gasteiger partial charge in [-0.05, 0) is 12.1 Å². The van der Waals surface area contributed by atoms with Gasteiger partial charge in [-0.1, -0.05) is 0 Å². The number of nitrogens with zero attached hydrogens (tertiary/aromatic N) is 3. The highest BCUT2D eigenvalue weighted by Crippen LogP contribution is 2.14. The summed E-state index contributed by atoms with van der Waals surface area (Å²) in [5, 5.41) is 0. The van der Waals surface area contributed by atoms with Gasteiger partial charge < -0.3 is 15.0 Å². The maximum Gasteiger partial charge on any atom is 0.404 e. The van der Waals surface area contributed by atoms with Gasteiger partial charge in [0, 0.05) is 18.5 Å². The van der Waals surface area contributed by atoms with Gasteiger partial charge >= 0.3 is 6.09 Å². The fraction of sp³-hybridized carbons (Fsp3) is 0.364. The summed E-state index contributed by atoms with van der Waals surface area (Å²) in [6.45, 7) is 0.648. The largest absolute Gasteiger partial charge is 0.448 e. The highest BCUT2D eigenvalue weighted by Gasteiger charge is 2.11. The van der Waals surface area contributed by atoms with Gasteiger partial charge in [-0.15, -0.1) is 11.6 Å². The first-order valence-electron chi connectivity index (χ1n) is 5.50. The van der Waals surface area contributed by atoms with Crippen LogP contribution in [0, 0.1) is 0 Å². The number of nitrogens with two attached hydrogens (primary N) is 1. The lowest BCUT2D eigenvalue weighted by Crippen LogP contribution is -2.17. The number of ether oxygens (including phenoxy) is 1. The first-order chi connectivity index (χ1) is 8.72. The SMILES string of the molecule is NC(=O)OCCn1c(CCCl)nc2cccnc21. The molecule has 0 saturated heterocycles. The van der Waals surface area contributed by atoms with Crippen LogP contribution in [0.25, 0.3) is 11.2 Å². The predicted molar refractivity (Wildman–Crippen MR) is 67.5 cm³/mol. The van der Waals surface area contributed by atoms with Crippen molar-refractivity contribution >= 4 is 28.9 Å². The Kier molecular flexibility index (Phi) is 3.99. The van der Waals surface area contributed by atoms with Crippen LogP contribution in [0.1, 0.15) is 5.82 Å². The van der Waals surface area contributed by atoms with E-state index in [-0.39, 0.29) is 6.61 Å². The van der Waals surface area contributed by atoms with E-state index in [1.807, 2.05) is 16.7 Å². The molecule has 2 heterocycles. The van der Waals surface area contributed by atoms with Gasteiger partial charge in [0.1, 0.15) is 17.9 Å². The molecule has 2 aromatic heterocycles. The Morgan fingerprint density at radius 1 is 1.56 bits per heavy atom. The van der Waals surface area contributed by atoms with Crippen LogP contribution in [-0.4, -0.2) is 33.1 Å². The lowest BCUT2D eigenvalue weighted by molar-refractivity contribution is 0.152.